The van der Waals surface area contributed by atoms with Crippen LogP contribution in [0.25, 0.3) is 11.3 Å². The molecule has 0 amide bonds. The summed E-state index contributed by atoms with van der Waals surface area (Å²) in [6.45, 7) is 2.03. The van der Waals surface area contributed by atoms with E-state index in [0.717, 1.165) is 28.3 Å². The Kier molecular flexibility index (Phi) is 5.69. The monoisotopic (exact) mass is 384 g/mol. The lowest BCUT2D eigenvalue weighted by Gasteiger charge is -2.11. The van der Waals surface area contributed by atoms with Crippen molar-refractivity contribution in [1.29, 1.82) is 0 Å². The van der Waals surface area contributed by atoms with Crippen molar-refractivity contribution >= 4 is 11.8 Å². The van der Waals surface area contributed by atoms with E-state index < -0.39 is 0 Å². The lowest BCUT2D eigenvalue weighted by Crippen LogP contribution is -1.96. The van der Waals surface area contributed by atoms with E-state index in [2.05, 4.69) is 17.1 Å². The van der Waals surface area contributed by atoms with Gasteiger partial charge in [-0.05, 0) is 24.1 Å². The van der Waals surface area contributed by atoms with Crippen LogP contribution < -0.4 is 4.74 Å². The molecule has 0 aliphatic heterocycles. The summed E-state index contributed by atoms with van der Waals surface area (Å²) in [6, 6.07) is 30.3. The minimum Gasteiger partial charge on any atom is -0.439 e. The fourth-order valence-electron chi connectivity index (χ4n) is 2.78. The van der Waals surface area contributed by atoms with Crippen molar-refractivity contribution in [3.8, 4) is 22.9 Å². The van der Waals surface area contributed by atoms with Gasteiger partial charge in [0.1, 0.15) is 5.75 Å². The maximum Gasteiger partial charge on any atom is 0.223 e. The highest BCUT2D eigenvalue weighted by atomic mass is 32.2. The van der Waals surface area contributed by atoms with Gasteiger partial charge < -0.3 is 4.74 Å². The molecular weight excluding hydrogens is 364 g/mol. The Balaban J connectivity index is 1.65. The van der Waals surface area contributed by atoms with E-state index in [1.54, 1.807) is 11.8 Å². The van der Waals surface area contributed by atoms with Crippen molar-refractivity contribution in [3.05, 3.63) is 102 Å². The molecule has 0 bridgehead atoms. The molecule has 4 aromatic rings. The molecule has 0 saturated carbocycles. The number of ether oxygens (including phenoxy) is 1. The molecule has 0 atom stereocenters. The van der Waals surface area contributed by atoms with Gasteiger partial charge in [-0.3, -0.25) is 0 Å². The summed E-state index contributed by atoms with van der Waals surface area (Å²) in [5, 5.41) is 0.703. The van der Waals surface area contributed by atoms with Gasteiger partial charge in [-0.15, -0.1) is 0 Å². The summed E-state index contributed by atoms with van der Waals surface area (Å²) < 4.78 is 6.10. The van der Waals surface area contributed by atoms with E-state index in [1.807, 2.05) is 85.8 Å². The Morgan fingerprint density at radius 2 is 1.46 bits per heavy atom. The smallest absolute Gasteiger partial charge is 0.223 e. The van der Waals surface area contributed by atoms with E-state index >= 15 is 0 Å². The van der Waals surface area contributed by atoms with Crippen LogP contribution in [0.4, 0.5) is 0 Å². The van der Waals surface area contributed by atoms with Gasteiger partial charge >= 0.3 is 0 Å². The minimum absolute atomic E-state index is 0.554. The van der Waals surface area contributed by atoms with Gasteiger partial charge in [-0.25, -0.2) is 4.98 Å². The van der Waals surface area contributed by atoms with Gasteiger partial charge in [0.25, 0.3) is 0 Å². The summed E-state index contributed by atoms with van der Waals surface area (Å²) in [5.41, 5.74) is 4.21. The summed E-state index contributed by atoms with van der Waals surface area (Å²) in [7, 11) is 0. The highest BCUT2D eigenvalue weighted by Crippen LogP contribution is 2.30. The van der Waals surface area contributed by atoms with Crippen molar-refractivity contribution in [2.75, 3.05) is 0 Å². The second-order valence-corrected chi connectivity index (χ2v) is 7.32. The Labute approximate surface area is 169 Å². The van der Waals surface area contributed by atoms with Crippen LogP contribution in [0.2, 0.25) is 0 Å². The molecule has 3 aromatic carbocycles. The minimum atomic E-state index is 0.554. The largest absolute Gasteiger partial charge is 0.439 e. The quantitative estimate of drug-likeness (QED) is 0.279. The number of aryl methyl sites for hydroxylation is 1. The number of aromatic nitrogens is 2. The molecule has 0 saturated heterocycles. The predicted molar refractivity (Wildman–Crippen MR) is 115 cm³/mol. The van der Waals surface area contributed by atoms with Crippen LogP contribution in [0.15, 0.2) is 96.2 Å². The zero-order valence-corrected chi connectivity index (χ0v) is 16.4. The molecule has 0 aliphatic rings. The standard InChI is InChI=1S/C24H20N2OS/c1-18-10-8-9-15-22(18)27-23-16-21(20-13-6-3-7-14-20)25-24(26-23)28-17-19-11-4-2-5-12-19/h2-16H,17H2,1H3. The summed E-state index contributed by atoms with van der Waals surface area (Å²) in [6.07, 6.45) is 0. The van der Waals surface area contributed by atoms with Crippen LogP contribution in [-0.2, 0) is 5.75 Å². The number of nitrogens with zero attached hydrogens (tertiary/aromatic N) is 2. The summed E-state index contributed by atoms with van der Waals surface area (Å²) in [5.74, 6) is 2.17. The van der Waals surface area contributed by atoms with Crippen molar-refractivity contribution in [2.45, 2.75) is 17.8 Å². The van der Waals surface area contributed by atoms with Crippen LogP contribution >= 0.6 is 11.8 Å². The first kappa shape index (κ1) is 18.3. The fourth-order valence-corrected chi connectivity index (χ4v) is 3.59. The second kappa shape index (κ2) is 8.72. The van der Waals surface area contributed by atoms with Crippen LogP contribution in [-0.4, -0.2) is 9.97 Å². The molecule has 0 radical (unpaired) electrons. The Bertz CT molecular complexity index is 1050. The van der Waals surface area contributed by atoms with Gasteiger partial charge in [-0.1, -0.05) is 90.6 Å². The number of hydrogen-bond acceptors (Lipinski definition) is 4. The lowest BCUT2D eigenvalue weighted by atomic mass is 10.1. The van der Waals surface area contributed by atoms with Crippen molar-refractivity contribution in [1.82, 2.24) is 9.97 Å². The van der Waals surface area contributed by atoms with Crippen molar-refractivity contribution in [2.24, 2.45) is 0 Å². The normalized spacial score (nSPS) is 10.6. The van der Waals surface area contributed by atoms with Crippen molar-refractivity contribution < 1.29 is 4.74 Å². The second-order valence-electron chi connectivity index (χ2n) is 6.38. The molecule has 0 unspecified atom stereocenters. The van der Waals surface area contributed by atoms with E-state index in [-0.39, 0.29) is 0 Å². The maximum absolute atomic E-state index is 6.10. The summed E-state index contributed by atoms with van der Waals surface area (Å²) >= 11 is 1.61. The van der Waals surface area contributed by atoms with Crippen LogP contribution in [0.1, 0.15) is 11.1 Å². The average Bonchev–Trinajstić information content (AvgIpc) is 2.75. The molecule has 1 heterocycles. The fraction of sp³-hybridized carbons (Fsp3) is 0.0833. The van der Waals surface area contributed by atoms with Crippen molar-refractivity contribution in [3.63, 3.8) is 0 Å². The molecule has 0 N–H and O–H groups in total. The number of hydrogen-bond donors (Lipinski definition) is 0. The summed E-state index contributed by atoms with van der Waals surface area (Å²) in [4.78, 5) is 9.39. The number of rotatable bonds is 6. The number of benzene rings is 3. The van der Waals surface area contributed by atoms with Crippen LogP contribution in [0.3, 0.4) is 0 Å². The number of para-hydroxylation sites is 1. The number of thioether (sulfide) groups is 1. The molecule has 0 fully saturated rings. The van der Waals surface area contributed by atoms with Gasteiger partial charge in [0, 0.05) is 17.4 Å². The Morgan fingerprint density at radius 1 is 0.786 bits per heavy atom. The Hall–Kier alpha value is -3.11. The topological polar surface area (TPSA) is 35.0 Å². The molecule has 28 heavy (non-hydrogen) atoms. The van der Waals surface area contributed by atoms with E-state index in [9.17, 15) is 0 Å². The highest BCUT2D eigenvalue weighted by Gasteiger charge is 2.10. The van der Waals surface area contributed by atoms with E-state index in [1.165, 1.54) is 5.56 Å². The third kappa shape index (κ3) is 4.59. The van der Waals surface area contributed by atoms with Gasteiger partial charge in [0.05, 0.1) is 5.69 Å². The first-order chi connectivity index (χ1) is 13.8. The van der Waals surface area contributed by atoms with E-state index in [4.69, 9.17) is 9.72 Å². The molecular formula is C24H20N2OS. The third-order valence-electron chi connectivity index (χ3n) is 4.27. The zero-order valence-electron chi connectivity index (χ0n) is 15.6. The van der Waals surface area contributed by atoms with Crippen LogP contribution in [0, 0.1) is 6.92 Å². The Morgan fingerprint density at radius 3 is 2.21 bits per heavy atom. The van der Waals surface area contributed by atoms with Gasteiger partial charge in [0.2, 0.25) is 5.88 Å². The molecule has 3 nitrogen and oxygen atoms in total. The van der Waals surface area contributed by atoms with Gasteiger partial charge in [0.15, 0.2) is 5.16 Å². The molecule has 1 aromatic heterocycles. The maximum atomic E-state index is 6.10. The molecule has 4 heteroatoms. The third-order valence-corrected chi connectivity index (χ3v) is 5.19. The highest BCUT2D eigenvalue weighted by molar-refractivity contribution is 7.98. The average molecular weight is 385 g/mol. The zero-order chi connectivity index (χ0) is 19.2. The molecule has 0 spiro atoms. The first-order valence-corrected chi connectivity index (χ1v) is 10.1. The van der Waals surface area contributed by atoms with Gasteiger partial charge in [-0.2, -0.15) is 4.98 Å². The molecule has 138 valence electrons. The SMILES string of the molecule is Cc1ccccc1Oc1cc(-c2ccccc2)nc(SCc2ccccc2)n1. The predicted octanol–water partition coefficient (Wildman–Crippen LogP) is 6.54. The van der Waals surface area contributed by atoms with E-state index in [0.29, 0.717) is 11.0 Å². The van der Waals surface area contributed by atoms with Crippen LogP contribution in [0.5, 0.6) is 11.6 Å². The molecule has 4 rings (SSSR count). The first-order valence-electron chi connectivity index (χ1n) is 9.13. The lowest BCUT2D eigenvalue weighted by molar-refractivity contribution is 0.452. The molecule has 0 aliphatic carbocycles.